The molecular formula is C15H21NO2. The van der Waals surface area contributed by atoms with E-state index in [2.05, 4.69) is 5.32 Å². The molecular weight excluding hydrogens is 226 g/mol. The number of carboxylic acid groups (broad SMARTS) is 1. The van der Waals surface area contributed by atoms with Crippen LogP contribution in [-0.4, -0.2) is 23.7 Å². The van der Waals surface area contributed by atoms with Crippen molar-refractivity contribution in [3.63, 3.8) is 0 Å². The van der Waals surface area contributed by atoms with Crippen molar-refractivity contribution in [1.82, 2.24) is 5.32 Å². The maximum Gasteiger partial charge on any atom is 0.335 e. The van der Waals surface area contributed by atoms with Crippen LogP contribution < -0.4 is 5.32 Å². The molecule has 0 saturated heterocycles. The maximum absolute atomic E-state index is 11.1. The molecule has 2 N–H and O–H groups in total. The molecule has 98 valence electrons. The Bertz CT molecular complexity index is 397. The summed E-state index contributed by atoms with van der Waals surface area (Å²) in [6, 6.07) is 7.91. The van der Waals surface area contributed by atoms with Gasteiger partial charge in [-0.25, -0.2) is 4.79 Å². The summed E-state index contributed by atoms with van der Waals surface area (Å²) in [6.07, 6.45) is 7.33. The molecule has 3 heteroatoms. The van der Waals surface area contributed by atoms with Crippen LogP contribution in [0.25, 0.3) is 0 Å². The lowest BCUT2D eigenvalue weighted by atomic mass is 9.95. The predicted molar refractivity (Wildman–Crippen MR) is 72.0 cm³/mol. The summed E-state index contributed by atoms with van der Waals surface area (Å²) in [5, 5.41) is 12.6. The second-order valence-electron chi connectivity index (χ2n) is 5.00. The van der Waals surface area contributed by atoms with Crippen LogP contribution in [0.1, 0.15) is 48.0 Å². The lowest BCUT2D eigenvalue weighted by Gasteiger charge is -2.22. The number of carboxylic acids is 1. The Morgan fingerprint density at radius 3 is 2.67 bits per heavy atom. The van der Waals surface area contributed by atoms with Crippen molar-refractivity contribution in [3.05, 3.63) is 35.4 Å². The zero-order valence-electron chi connectivity index (χ0n) is 10.7. The minimum Gasteiger partial charge on any atom is -0.478 e. The zero-order chi connectivity index (χ0) is 12.8. The number of hydrogen-bond donors (Lipinski definition) is 2. The van der Waals surface area contributed by atoms with Crippen molar-refractivity contribution in [2.45, 2.75) is 44.6 Å². The van der Waals surface area contributed by atoms with Gasteiger partial charge in [-0.1, -0.05) is 37.5 Å². The van der Waals surface area contributed by atoms with Gasteiger partial charge in [0.15, 0.2) is 0 Å². The summed E-state index contributed by atoms with van der Waals surface area (Å²) in [6.45, 7) is 0.870. The lowest BCUT2D eigenvalue weighted by Crippen LogP contribution is -2.32. The van der Waals surface area contributed by atoms with Crippen LogP contribution >= 0.6 is 0 Å². The number of nitrogens with one attached hydrogen (secondary N) is 1. The SMILES string of the molecule is O=C(O)c1ccccc1CCNC1CCCCC1. The Morgan fingerprint density at radius 2 is 1.94 bits per heavy atom. The smallest absolute Gasteiger partial charge is 0.335 e. The van der Waals surface area contributed by atoms with E-state index in [9.17, 15) is 4.79 Å². The molecule has 2 rings (SSSR count). The second-order valence-corrected chi connectivity index (χ2v) is 5.00. The normalized spacial score (nSPS) is 16.7. The first-order valence-corrected chi connectivity index (χ1v) is 6.82. The first kappa shape index (κ1) is 13.1. The van der Waals surface area contributed by atoms with Gasteiger partial charge in [0.25, 0.3) is 0 Å². The monoisotopic (exact) mass is 247 g/mol. The molecule has 0 aliphatic heterocycles. The molecule has 18 heavy (non-hydrogen) atoms. The first-order chi connectivity index (χ1) is 8.77. The molecule has 3 nitrogen and oxygen atoms in total. The highest BCUT2D eigenvalue weighted by Gasteiger charge is 2.13. The molecule has 1 aromatic carbocycles. The van der Waals surface area contributed by atoms with E-state index in [1.807, 2.05) is 12.1 Å². The molecule has 0 atom stereocenters. The van der Waals surface area contributed by atoms with Gasteiger partial charge in [-0.15, -0.1) is 0 Å². The molecule has 1 fully saturated rings. The fourth-order valence-electron chi connectivity index (χ4n) is 2.66. The number of carbonyl (C=O) groups is 1. The van der Waals surface area contributed by atoms with Gasteiger partial charge in [0.05, 0.1) is 5.56 Å². The van der Waals surface area contributed by atoms with Crippen molar-refractivity contribution < 1.29 is 9.90 Å². The fourth-order valence-corrected chi connectivity index (χ4v) is 2.66. The maximum atomic E-state index is 11.1. The van der Waals surface area contributed by atoms with E-state index in [1.165, 1.54) is 32.1 Å². The zero-order valence-corrected chi connectivity index (χ0v) is 10.7. The first-order valence-electron chi connectivity index (χ1n) is 6.82. The molecule has 0 heterocycles. The van der Waals surface area contributed by atoms with Gasteiger partial charge >= 0.3 is 5.97 Å². The van der Waals surface area contributed by atoms with Crippen LogP contribution in [0.2, 0.25) is 0 Å². The van der Waals surface area contributed by atoms with Crippen LogP contribution in [0.3, 0.4) is 0 Å². The number of rotatable bonds is 5. The Hall–Kier alpha value is -1.35. The third-order valence-electron chi connectivity index (χ3n) is 3.68. The standard InChI is InChI=1S/C15H21NO2/c17-15(18)14-9-5-4-6-12(14)10-11-16-13-7-2-1-3-8-13/h4-6,9,13,16H,1-3,7-8,10-11H2,(H,17,18). The van der Waals surface area contributed by atoms with Gasteiger partial charge in [-0.05, 0) is 37.4 Å². The molecule has 1 aromatic rings. The number of aromatic carboxylic acids is 1. The van der Waals surface area contributed by atoms with Crippen LogP contribution in [0.15, 0.2) is 24.3 Å². The average Bonchev–Trinajstić information content (AvgIpc) is 2.40. The molecule has 1 aliphatic rings. The third-order valence-corrected chi connectivity index (χ3v) is 3.68. The highest BCUT2D eigenvalue weighted by Crippen LogP contribution is 2.17. The molecule has 1 aliphatic carbocycles. The lowest BCUT2D eigenvalue weighted by molar-refractivity contribution is 0.0695. The summed E-state index contributed by atoms with van der Waals surface area (Å²) in [4.78, 5) is 11.1. The van der Waals surface area contributed by atoms with Gasteiger partial charge in [0, 0.05) is 6.04 Å². The quantitative estimate of drug-likeness (QED) is 0.841. The minimum absolute atomic E-state index is 0.433. The van der Waals surface area contributed by atoms with Gasteiger partial charge in [0.2, 0.25) is 0 Å². The molecule has 0 radical (unpaired) electrons. The van der Waals surface area contributed by atoms with Crippen LogP contribution in [0.5, 0.6) is 0 Å². The fraction of sp³-hybridized carbons (Fsp3) is 0.533. The molecule has 1 saturated carbocycles. The van der Waals surface area contributed by atoms with Gasteiger partial charge in [0.1, 0.15) is 0 Å². The summed E-state index contributed by atoms with van der Waals surface area (Å²) in [5.74, 6) is -0.830. The Morgan fingerprint density at radius 1 is 1.22 bits per heavy atom. The van der Waals surface area contributed by atoms with E-state index in [4.69, 9.17) is 5.11 Å². The molecule has 0 amide bonds. The van der Waals surface area contributed by atoms with Gasteiger partial charge in [-0.2, -0.15) is 0 Å². The van der Waals surface area contributed by atoms with Crippen LogP contribution in [0, 0.1) is 0 Å². The number of hydrogen-bond acceptors (Lipinski definition) is 2. The van der Waals surface area contributed by atoms with Crippen molar-refractivity contribution >= 4 is 5.97 Å². The Kier molecular flexibility index (Phi) is 4.76. The van der Waals surface area contributed by atoms with Gasteiger partial charge < -0.3 is 10.4 Å². The minimum atomic E-state index is -0.830. The van der Waals surface area contributed by atoms with E-state index in [-0.39, 0.29) is 0 Å². The second kappa shape index (κ2) is 6.55. The highest BCUT2D eigenvalue weighted by atomic mass is 16.4. The van der Waals surface area contributed by atoms with Crippen molar-refractivity contribution in [2.24, 2.45) is 0 Å². The summed E-state index contributed by atoms with van der Waals surface area (Å²) in [5.41, 5.74) is 1.36. The predicted octanol–water partition coefficient (Wildman–Crippen LogP) is 2.85. The Labute approximate surface area is 108 Å². The van der Waals surface area contributed by atoms with E-state index in [0.717, 1.165) is 18.5 Å². The topological polar surface area (TPSA) is 49.3 Å². The summed E-state index contributed by atoms with van der Waals surface area (Å²) in [7, 11) is 0. The average molecular weight is 247 g/mol. The van der Waals surface area contributed by atoms with E-state index in [0.29, 0.717) is 11.6 Å². The summed E-state index contributed by atoms with van der Waals surface area (Å²) >= 11 is 0. The van der Waals surface area contributed by atoms with E-state index >= 15 is 0 Å². The van der Waals surface area contributed by atoms with E-state index in [1.54, 1.807) is 12.1 Å². The number of benzene rings is 1. The molecule has 0 aromatic heterocycles. The van der Waals surface area contributed by atoms with Crippen molar-refractivity contribution in [3.8, 4) is 0 Å². The highest BCUT2D eigenvalue weighted by molar-refractivity contribution is 5.89. The third kappa shape index (κ3) is 3.57. The molecule has 0 spiro atoms. The molecule has 0 bridgehead atoms. The van der Waals surface area contributed by atoms with Crippen LogP contribution in [-0.2, 0) is 6.42 Å². The van der Waals surface area contributed by atoms with Gasteiger partial charge in [-0.3, -0.25) is 0 Å². The molecule has 0 unspecified atom stereocenters. The van der Waals surface area contributed by atoms with Crippen molar-refractivity contribution in [2.75, 3.05) is 6.54 Å². The largest absolute Gasteiger partial charge is 0.478 e. The van der Waals surface area contributed by atoms with Crippen molar-refractivity contribution in [1.29, 1.82) is 0 Å². The van der Waals surface area contributed by atoms with Crippen LogP contribution in [0.4, 0.5) is 0 Å². The van der Waals surface area contributed by atoms with E-state index < -0.39 is 5.97 Å². The Balaban J connectivity index is 1.84. The summed E-state index contributed by atoms with van der Waals surface area (Å²) < 4.78 is 0.